The van der Waals surface area contributed by atoms with E-state index < -0.39 is 0 Å². The molecule has 3 nitrogen and oxygen atoms in total. The number of fused-ring (bicyclic) bond motifs is 1. The van der Waals surface area contributed by atoms with E-state index >= 15 is 0 Å². The van der Waals surface area contributed by atoms with Crippen molar-refractivity contribution in [3.05, 3.63) is 42.0 Å². The molecule has 0 unspecified atom stereocenters. The second-order valence-electron chi connectivity index (χ2n) is 6.34. The Kier molecular flexibility index (Phi) is 3.03. The van der Waals surface area contributed by atoms with Crippen LogP contribution >= 0.6 is 0 Å². The van der Waals surface area contributed by atoms with Crippen LogP contribution in [0.2, 0.25) is 0 Å². The van der Waals surface area contributed by atoms with Gasteiger partial charge in [0, 0.05) is 12.0 Å². The zero-order chi connectivity index (χ0) is 15.2. The molecule has 1 aliphatic heterocycles. The molecule has 4 rings (SSSR count). The minimum atomic E-state index is -0.0252. The Morgan fingerprint density at radius 2 is 1.77 bits per heavy atom. The number of phenolic OH excluding ortho intramolecular Hbond substituents is 1. The summed E-state index contributed by atoms with van der Waals surface area (Å²) in [7, 11) is 1.69. The van der Waals surface area contributed by atoms with E-state index in [4.69, 9.17) is 9.47 Å². The fourth-order valence-corrected chi connectivity index (χ4v) is 3.84. The SMILES string of the molecule is COc1ccc(-c2ccc(O)cc2)c2c1OC1(CCCC1)C2. The number of phenols is 1. The first kappa shape index (κ1) is 13.5. The van der Waals surface area contributed by atoms with Crippen LogP contribution < -0.4 is 9.47 Å². The lowest BCUT2D eigenvalue weighted by Gasteiger charge is -2.22. The Morgan fingerprint density at radius 3 is 2.45 bits per heavy atom. The molecule has 2 aromatic rings. The largest absolute Gasteiger partial charge is 0.508 e. The second kappa shape index (κ2) is 4.94. The topological polar surface area (TPSA) is 38.7 Å². The van der Waals surface area contributed by atoms with Gasteiger partial charge in [-0.1, -0.05) is 18.2 Å². The van der Waals surface area contributed by atoms with E-state index in [0.717, 1.165) is 36.3 Å². The summed E-state index contributed by atoms with van der Waals surface area (Å²) < 4.78 is 11.9. The highest BCUT2D eigenvalue weighted by Gasteiger charge is 2.44. The van der Waals surface area contributed by atoms with E-state index in [-0.39, 0.29) is 11.4 Å². The predicted molar refractivity (Wildman–Crippen MR) is 85.6 cm³/mol. The van der Waals surface area contributed by atoms with Crippen LogP contribution in [0, 0.1) is 0 Å². The first-order valence-electron chi connectivity index (χ1n) is 7.89. The number of aromatic hydroxyl groups is 1. The predicted octanol–water partition coefficient (Wildman–Crippen LogP) is 4.32. The van der Waals surface area contributed by atoms with Gasteiger partial charge in [0.15, 0.2) is 11.5 Å². The molecule has 0 saturated heterocycles. The van der Waals surface area contributed by atoms with Crippen molar-refractivity contribution in [2.24, 2.45) is 0 Å². The highest BCUT2D eigenvalue weighted by Crippen LogP contribution is 2.51. The molecule has 2 aliphatic rings. The summed E-state index contributed by atoms with van der Waals surface area (Å²) in [6.07, 6.45) is 5.69. The Morgan fingerprint density at radius 1 is 1.05 bits per heavy atom. The van der Waals surface area contributed by atoms with Gasteiger partial charge in [0.05, 0.1) is 7.11 Å². The van der Waals surface area contributed by atoms with Gasteiger partial charge in [-0.05, 0) is 55.0 Å². The van der Waals surface area contributed by atoms with Crippen LogP contribution in [0.25, 0.3) is 11.1 Å². The van der Waals surface area contributed by atoms with Gasteiger partial charge in [0.1, 0.15) is 11.4 Å². The molecule has 0 amide bonds. The average Bonchev–Trinajstić information content (AvgIpc) is 3.14. The van der Waals surface area contributed by atoms with Gasteiger partial charge in [-0.15, -0.1) is 0 Å². The quantitative estimate of drug-likeness (QED) is 0.897. The van der Waals surface area contributed by atoms with Gasteiger partial charge in [0.2, 0.25) is 0 Å². The van der Waals surface area contributed by atoms with Crippen molar-refractivity contribution < 1.29 is 14.6 Å². The molecule has 3 heteroatoms. The molecule has 114 valence electrons. The first-order valence-corrected chi connectivity index (χ1v) is 7.89. The van der Waals surface area contributed by atoms with Crippen molar-refractivity contribution in [2.45, 2.75) is 37.7 Å². The maximum atomic E-state index is 9.50. The zero-order valence-electron chi connectivity index (χ0n) is 12.8. The second-order valence-corrected chi connectivity index (χ2v) is 6.34. The Bertz CT molecular complexity index is 697. The maximum Gasteiger partial charge on any atom is 0.165 e. The van der Waals surface area contributed by atoms with Gasteiger partial charge in [-0.2, -0.15) is 0 Å². The van der Waals surface area contributed by atoms with E-state index in [1.165, 1.54) is 24.0 Å². The van der Waals surface area contributed by atoms with Crippen LogP contribution in [-0.4, -0.2) is 17.8 Å². The van der Waals surface area contributed by atoms with Crippen LogP contribution in [0.5, 0.6) is 17.2 Å². The summed E-state index contributed by atoms with van der Waals surface area (Å²) in [4.78, 5) is 0. The lowest BCUT2D eigenvalue weighted by Crippen LogP contribution is -2.30. The molecule has 1 fully saturated rings. The van der Waals surface area contributed by atoms with Crippen molar-refractivity contribution in [2.75, 3.05) is 7.11 Å². The van der Waals surface area contributed by atoms with E-state index in [2.05, 4.69) is 6.07 Å². The summed E-state index contributed by atoms with van der Waals surface area (Å²) >= 11 is 0. The normalized spacial score (nSPS) is 18.2. The third-order valence-electron chi connectivity index (χ3n) is 4.95. The molecule has 0 radical (unpaired) electrons. The number of hydrogen-bond acceptors (Lipinski definition) is 3. The number of rotatable bonds is 2. The zero-order valence-corrected chi connectivity index (χ0v) is 12.8. The fraction of sp³-hybridized carbons (Fsp3) is 0.368. The molecule has 1 spiro atoms. The third kappa shape index (κ3) is 2.04. The molecular formula is C19H20O3. The van der Waals surface area contributed by atoms with Crippen LogP contribution in [0.15, 0.2) is 36.4 Å². The molecule has 1 heterocycles. The van der Waals surface area contributed by atoms with Gasteiger partial charge in [-0.25, -0.2) is 0 Å². The van der Waals surface area contributed by atoms with Crippen LogP contribution in [-0.2, 0) is 6.42 Å². The van der Waals surface area contributed by atoms with Crippen molar-refractivity contribution in [1.29, 1.82) is 0 Å². The van der Waals surface area contributed by atoms with Gasteiger partial charge >= 0.3 is 0 Å². The van der Waals surface area contributed by atoms with Crippen LogP contribution in [0.1, 0.15) is 31.2 Å². The lowest BCUT2D eigenvalue weighted by molar-refractivity contribution is 0.0996. The Balaban J connectivity index is 1.82. The molecule has 1 saturated carbocycles. The van der Waals surface area contributed by atoms with Crippen LogP contribution in [0.4, 0.5) is 0 Å². The van der Waals surface area contributed by atoms with Crippen molar-refractivity contribution in [3.63, 3.8) is 0 Å². The lowest BCUT2D eigenvalue weighted by atomic mass is 9.90. The molecule has 0 bridgehead atoms. The summed E-state index contributed by atoms with van der Waals surface area (Å²) in [5.41, 5.74) is 3.50. The van der Waals surface area contributed by atoms with E-state index in [1.54, 1.807) is 19.2 Å². The first-order chi connectivity index (χ1) is 10.7. The highest BCUT2D eigenvalue weighted by atomic mass is 16.5. The van der Waals surface area contributed by atoms with Crippen LogP contribution in [0.3, 0.4) is 0 Å². The summed E-state index contributed by atoms with van der Waals surface area (Å²) in [6.45, 7) is 0. The molecule has 1 aliphatic carbocycles. The molecule has 0 aromatic heterocycles. The van der Waals surface area contributed by atoms with Crippen molar-refractivity contribution in [3.8, 4) is 28.4 Å². The van der Waals surface area contributed by atoms with E-state index in [0.29, 0.717) is 0 Å². The summed E-state index contributed by atoms with van der Waals surface area (Å²) in [5, 5.41) is 9.50. The number of benzene rings is 2. The molecular weight excluding hydrogens is 276 g/mol. The van der Waals surface area contributed by atoms with Gasteiger partial charge in [-0.3, -0.25) is 0 Å². The third-order valence-corrected chi connectivity index (χ3v) is 4.95. The molecule has 0 atom stereocenters. The maximum absolute atomic E-state index is 9.50. The van der Waals surface area contributed by atoms with Gasteiger partial charge in [0.25, 0.3) is 0 Å². The fourth-order valence-electron chi connectivity index (χ4n) is 3.84. The molecule has 2 aromatic carbocycles. The van der Waals surface area contributed by atoms with Crippen molar-refractivity contribution in [1.82, 2.24) is 0 Å². The monoisotopic (exact) mass is 296 g/mol. The number of ether oxygens (including phenoxy) is 2. The minimum absolute atomic E-state index is 0.0252. The van der Waals surface area contributed by atoms with Crippen molar-refractivity contribution >= 4 is 0 Å². The number of methoxy groups -OCH3 is 1. The Labute approximate surface area is 130 Å². The van der Waals surface area contributed by atoms with Gasteiger partial charge < -0.3 is 14.6 Å². The molecule has 1 N–H and O–H groups in total. The Hall–Kier alpha value is -2.16. The summed E-state index contributed by atoms with van der Waals surface area (Å²) in [6, 6.07) is 11.4. The average molecular weight is 296 g/mol. The van der Waals surface area contributed by atoms with E-state index in [9.17, 15) is 5.11 Å². The number of hydrogen-bond donors (Lipinski definition) is 1. The summed E-state index contributed by atoms with van der Waals surface area (Å²) in [5.74, 6) is 2.02. The van der Waals surface area contributed by atoms with E-state index in [1.807, 2.05) is 18.2 Å². The standard InChI is InChI=1S/C19H20O3/c1-21-17-9-8-15(13-4-6-14(20)7-5-13)16-12-19(22-18(16)17)10-2-3-11-19/h4-9,20H,2-3,10-12H2,1H3. The minimum Gasteiger partial charge on any atom is -0.508 e. The molecule has 22 heavy (non-hydrogen) atoms. The smallest absolute Gasteiger partial charge is 0.165 e. The highest BCUT2D eigenvalue weighted by molar-refractivity contribution is 5.74.